The number of urea groups is 1. The summed E-state index contributed by atoms with van der Waals surface area (Å²) in [6.45, 7) is 1.13. The van der Waals surface area contributed by atoms with Crippen LogP contribution in [0, 0.1) is 5.92 Å². The van der Waals surface area contributed by atoms with Crippen molar-refractivity contribution in [2.45, 2.75) is 19.3 Å². The third-order valence-electron chi connectivity index (χ3n) is 3.78. The van der Waals surface area contributed by atoms with Gasteiger partial charge in [0.25, 0.3) is 0 Å². The summed E-state index contributed by atoms with van der Waals surface area (Å²) in [6.07, 6.45) is 1.78. The average Bonchev–Trinajstić information content (AvgIpc) is 2.46. The molecule has 0 saturated carbocycles. The summed E-state index contributed by atoms with van der Waals surface area (Å²) in [6, 6.07) is 6.26. The Hall–Kier alpha value is -2.24. The maximum Gasteiger partial charge on any atom is 0.324 e. The molecule has 0 aliphatic carbocycles. The zero-order valence-electron chi connectivity index (χ0n) is 12.0. The van der Waals surface area contributed by atoms with Crippen LogP contribution in [-0.4, -0.2) is 47.3 Å². The van der Waals surface area contributed by atoms with E-state index in [1.807, 2.05) is 0 Å². The van der Waals surface area contributed by atoms with Crippen LogP contribution in [0.4, 0.5) is 10.5 Å². The number of hydrogen-bond acceptors (Lipinski definition) is 3. The first kappa shape index (κ1) is 15.2. The second-order valence-corrected chi connectivity index (χ2v) is 5.41. The van der Waals surface area contributed by atoms with Crippen LogP contribution in [-0.2, 0) is 4.79 Å². The Balaban J connectivity index is 2.01. The molecule has 0 aromatic heterocycles. The molecule has 1 atom stereocenters. The van der Waals surface area contributed by atoms with Gasteiger partial charge in [0.2, 0.25) is 0 Å². The van der Waals surface area contributed by atoms with Crippen molar-refractivity contribution in [3.8, 4) is 5.75 Å². The molecule has 1 unspecified atom stereocenters. The molecule has 6 nitrogen and oxygen atoms in total. The highest BCUT2D eigenvalue weighted by atomic mass is 16.4. The summed E-state index contributed by atoms with van der Waals surface area (Å²) in [5, 5.41) is 18.1. The van der Waals surface area contributed by atoms with Gasteiger partial charge in [-0.25, -0.2) is 4.79 Å². The average molecular weight is 292 g/mol. The standard InChI is InChI=1S/C15H20N2O4/c1-16(12-4-6-13(18)7-5-12)15(21)17-8-2-3-11(10-17)9-14(19)20/h4-7,11,18H,2-3,8-10H2,1H3,(H,19,20). The number of aliphatic carboxylic acids is 1. The van der Waals surface area contributed by atoms with Crippen molar-refractivity contribution in [2.24, 2.45) is 5.92 Å². The highest BCUT2D eigenvalue weighted by Gasteiger charge is 2.27. The van der Waals surface area contributed by atoms with Gasteiger partial charge < -0.3 is 15.1 Å². The van der Waals surface area contributed by atoms with Gasteiger partial charge in [-0.2, -0.15) is 0 Å². The molecule has 114 valence electrons. The van der Waals surface area contributed by atoms with Gasteiger partial charge in [0, 0.05) is 32.2 Å². The van der Waals surface area contributed by atoms with Gasteiger partial charge in [0.15, 0.2) is 0 Å². The normalized spacial score (nSPS) is 18.3. The maximum atomic E-state index is 12.5. The fourth-order valence-corrected chi connectivity index (χ4v) is 2.65. The number of carboxylic acid groups (broad SMARTS) is 1. The zero-order valence-corrected chi connectivity index (χ0v) is 12.0. The number of anilines is 1. The van der Waals surface area contributed by atoms with Crippen LogP contribution in [0.3, 0.4) is 0 Å². The lowest BCUT2D eigenvalue weighted by Gasteiger charge is -2.34. The predicted octanol–water partition coefficient (Wildman–Crippen LogP) is 2.14. The minimum atomic E-state index is -0.818. The van der Waals surface area contributed by atoms with E-state index >= 15 is 0 Å². The molecule has 6 heteroatoms. The van der Waals surface area contributed by atoms with E-state index < -0.39 is 5.97 Å². The topological polar surface area (TPSA) is 81.1 Å². The smallest absolute Gasteiger partial charge is 0.324 e. The number of carbonyl (C=O) groups excluding carboxylic acids is 1. The van der Waals surface area contributed by atoms with Gasteiger partial charge in [-0.15, -0.1) is 0 Å². The number of phenols is 1. The highest BCUT2D eigenvalue weighted by molar-refractivity contribution is 5.91. The van der Waals surface area contributed by atoms with Gasteiger partial charge in [0.05, 0.1) is 0 Å². The molecule has 2 amide bonds. The SMILES string of the molecule is CN(C(=O)N1CCCC(CC(=O)O)C1)c1ccc(O)cc1. The number of phenolic OH excluding ortho intramolecular Hbond substituents is 1. The number of likely N-dealkylation sites (tertiary alicyclic amines) is 1. The van der Waals surface area contributed by atoms with Crippen molar-refractivity contribution in [2.75, 3.05) is 25.0 Å². The number of carbonyl (C=O) groups is 2. The van der Waals surface area contributed by atoms with Crippen LogP contribution in [0.15, 0.2) is 24.3 Å². The summed E-state index contributed by atoms with van der Waals surface area (Å²) in [5.41, 5.74) is 0.693. The summed E-state index contributed by atoms with van der Waals surface area (Å²) in [5.74, 6) is -0.645. The lowest BCUT2D eigenvalue weighted by atomic mass is 9.95. The molecular formula is C15H20N2O4. The van der Waals surface area contributed by atoms with Crippen LogP contribution in [0.25, 0.3) is 0 Å². The van der Waals surface area contributed by atoms with E-state index in [-0.39, 0.29) is 24.1 Å². The number of rotatable bonds is 3. The second-order valence-electron chi connectivity index (χ2n) is 5.41. The fraction of sp³-hybridized carbons (Fsp3) is 0.467. The van der Waals surface area contributed by atoms with Crippen molar-refractivity contribution in [1.29, 1.82) is 0 Å². The highest BCUT2D eigenvalue weighted by Crippen LogP contribution is 2.23. The molecule has 0 spiro atoms. The van der Waals surface area contributed by atoms with E-state index in [2.05, 4.69) is 0 Å². The van der Waals surface area contributed by atoms with Crippen molar-refractivity contribution in [1.82, 2.24) is 4.90 Å². The van der Waals surface area contributed by atoms with E-state index in [9.17, 15) is 14.7 Å². The van der Waals surface area contributed by atoms with Crippen molar-refractivity contribution < 1.29 is 19.8 Å². The van der Waals surface area contributed by atoms with Crippen LogP contribution >= 0.6 is 0 Å². The van der Waals surface area contributed by atoms with E-state index in [1.165, 1.54) is 17.0 Å². The molecule has 0 radical (unpaired) electrons. The van der Waals surface area contributed by atoms with Crippen LogP contribution in [0.2, 0.25) is 0 Å². The van der Waals surface area contributed by atoms with E-state index in [4.69, 9.17) is 5.11 Å². The fourth-order valence-electron chi connectivity index (χ4n) is 2.65. The number of benzene rings is 1. The summed E-state index contributed by atoms with van der Waals surface area (Å²) in [4.78, 5) is 26.5. The third-order valence-corrected chi connectivity index (χ3v) is 3.78. The quantitative estimate of drug-likeness (QED) is 0.894. The molecule has 1 aliphatic rings. The first-order chi connectivity index (χ1) is 9.97. The summed E-state index contributed by atoms with van der Waals surface area (Å²) < 4.78 is 0. The lowest BCUT2D eigenvalue weighted by Crippen LogP contribution is -2.46. The number of carboxylic acids is 1. The largest absolute Gasteiger partial charge is 0.508 e. The Labute approximate surface area is 123 Å². The Morgan fingerprint density at radius 1 is 1.33 bits per heavy atom. The maximum absolute atomic E-state index is 12.5. The second kappa shape index (κ2) is 6.47. The van der Waals surface area contributed by atoms with Gasteiger partial charge in [-0.1, -0.05) is 0 Å². The minimum Gasteiger partial charge on any atom is -0.508 e. The molecule has 1 aromatic rings. The van der Waals surface area contributed by atoms with Crippen LogP contribution < -0.4 is 4.90 Å². The Kier molecular flexibility index (Phi) is 4.67. The number of nitrogens with zero attached hydrogens (tertiary/aromatic N) is 2. The molecule has 1 aliphatic heterocycles. The first-order valence-electron chi connectivity index (χ1n) is 7.01. The van der Waals surface area contributed by atoms with E-state index in [0.29, 0.717) is 18.8 Å². The van der Waals surface area contributed by atoms with E-state index in [0.717, 1.165) is 12.8 Å². The molecule has 2 N–H and O–H groups in total. The van der Waals surface area contributed by atoms with Crippen molar-refractivity contribution >= 4 is 17.7 Å². The zero-order chi connectivity index (χ0) is 15.4. The number of piperidine rings is 1. The van der Waals surface area contributed by atoms with Gasteiger partial charge in [0.1, 0.15) is 5.75 Å². The van der Waals surface area contributed by atoms with Crippen LogP contribution in [0.5, 0.6) is 5.75 Å². The molecule has 2 rings (SSSR count). The number of aromatic hydroxyl groups is 1. The molecule has 0 bridgehead atoms. The monoisotopic (exact) mass is 292 g/mol. The molecule has 1 heterocycles. The number of amides is 2. The molecular weight excluding hydrogens is 272 g/mol. The minimum absolute atomic E-state index is 0.0217. The summed E-state index contributed by atoms with van der Waals surface area (Å²) >= 11 is 0. The van der Waals surface area contributed by atoms with Crippen molar-refractivity contribution in [3.63, 3.8) is 0 Å². The van der Waals surface area contributed by atoms with Crippen molar-refractivity contribution in [3.05, 3.63) is 24.3 Å². The predicted molar refractivity (Wildman–Crippen MR) is 78.5 cm³/mol. The van der Waals surface area contributed by atoms with E-state index in [1.54, 1.807) is 24.1 Å². The first-order valence-corrected chi connectivity index (χ1v) is 7.01. The molecule has 1 fully saturated rings. The number of hydrogen-bond donors (Lipinski definition) is 2. The Morgan fingerprint density at radius 3 is 2.62 bits per heavy atom. The van der Waals surface area contributed by atoms with Gasteiger partial charge >= 0.3 is 12.0 Å². The third kappa shape index (κ3) is 3.87. The van der Waals surface area contributed by atoms with Gasteiger partial charge in [-0.3, -0.25) is 9.69 Å². The summed E-state index contributed by atoms with van der Waals surface area (Å²) in [7, 11) is 1.68. The van der Waals surface area contributed by atoms with Gasteiger partial charge in [-0.05, 0) is 43.0 Å². The molecule has 1 saturated heterocycles. The van der Waals surface area contributed by atoms with Crippen LogP contribution in [0.1, 0.15) is 19.3 Å². The Morgan fingerprint density at radius 2 is 2.00 bits per heavy atom. The lowest BCUT2D eigenvalue weighted by molar-refractivity contribution is -0.138. The molecule has 1 aromatic carbocycles. The molecule has 21 heavy (non-hydrogen) atoms. The Bertz CT molecular complexity index is 515.